The molecule has 47 heavy (non-hydrogen) atoms. The SMILES string of the molecule is CCCC[P+](CCCC)(CCCC)Cc1ccc(NC(=O)C2Cc3ccccc3CN2C(=O)[C@@H](N)CCc2ccccc2)cc1.Cl.Cl. The number of rotatable bonds is 17. The van der Waals surface area contributed by atoms with Crippen molar-refractivity contribution >= 4 is 49.6 Å². The Labute approximate surface area is 297 Å². The molecule has 3 aromatic rings. The van der Waals surface area contributed by atoms with Crippen LogP contribution in [0, 0.1) is 0 Å². The van der Waals surface area contributed by atoms with E-state index >= 15 is 0 Å². The highest BCUT2D eigenvalue weighted by Gasteiger charge is 2.37. The highest BCUT2D eigenvalue weighted by molar-refractivity contribution is 7.75. The molecule has 1 aliphatic rings. The number of aryl methyl sites for hydroxylation is 1. The van der Waals surface area contributed by atoms with Crippen molar-refractivity contribution in [3.8, 4) is 0 Å². The summed E-state index contributed by atoms with van der Waals surface area (Å²) in [4.78, 5) is 29.2. The number of hydrogen-bond acceptors (Lipinski definition) is 3. The van der Waals surface area contributed by atoms with E-state index in [1.54, 1.807) is 4.90 Å². The number of nitrogens with two attached hydrogens (primary N) is 1. The zero-order valence-electron chi connectivity index (χ0n) is 28.7. The third-order valence-electron chi connectivity index (χ3n) is 9.44. The number of unbranched alkanes of at least 4 members (excludes halogenated alkanes) is 3. The minimum absolute atomic E-state index is 0. The molecule has 0 radical (unpaired) electrons. The van der Waals surface area contributed by atoms with Crippen LogP contribution in [-0.4, -0.2) is 47.3 Å². The summed E-state index contributed by atoms with van der Waals surface area (Å²) in [6, 6.07) is 25.5. The molecular weight excluding hydrogens is 644 g/mol. The lowest BCUT2D eigenvalue weighted by molar-refractivity contribution is -0.141. The first-order valence-corrected chi connectivity index (χ1v) is 19.8. The molecule has 0 saturated heterocycles. The molecule has 5 nitrogen and oxygen atoms in total. The van der Waals surface area contributed by atoms with Gasteiger partial charge >= 0.3 is 0 Å². The number of carbonyl (C=O) groups is 2. The Morgan fingerprint density at radius 3 is 1.91 bits per heavy atom. The summed E-state index contributed by atoms with van der Waals surface area (Å²) in [5.41, 5.74) is 12.0. The van der Waals surface area contributed by atoms with Crippen LogP contribution < -0.4 is 11.1 Å². The first kappa shape index (κ1) is 40.7. The molecule has 0 spiro atoms. The molecule has 0 bridgehead atoms. The summed E-state index contributed by atoms with van der Waals surface area (Å²) in [5, 5.41) is 3.15. The number of hydrogen-bond donors (Lipinski definition) is 2. The fraction of sp³-hybridized carbons (Fsp3) is 0.487. The normalized spacial score (nSPS) is 14.7. The van der Waals surface area contributed by atoms with Gasteiger partial charge in [0.1, 0.15) is 6.04 Å². The lowest BCUT2D eigenvalue weighted by Gasteiger charge is -2.37. The van der Waals surface area contributed by atoms with Crippen LogP contribution in [0.15, 0.2) is 78.9 Å². The predicted molar refractivity (Wildman–Crippen MR) is 207 cm³/mol. The van der Waals surface area contributed by atoms with Crippen LogP contribution in [0.2, 0.25) is 0 Å². The van der Waals surface area contributed by atoms with Gasteiger partial charge < -0.3 is 16.0 Å². The van der Waals surface area contributed by atoms with Crippen LogP contribution in [0.5, 0.6) is 0 Å². The van der Waals surface area contributed by atoms with Gasteiger partial charge in [-0.25, -0.2) is 0 Å². The second kappa shape index (κ2) is 20.8. The van der Waals surface area contributed by atoms with Gasteiger partial charge in [0.2, 0.25) is 11.8 Å². The Bertz CT molecular complexity index is 1330. The van der Waals surface area contributed by atoms with Gasteiger partial charge in [-0.1, -0.05) is 107 Å². The first-order valence-electron chi connectivity index (χ1n) is 17.3. The van der Waals surface area contributed by atoms with Crippen LogP contribution in [-0.2, 0) is 35.1 Å². The molecule has 0 saturated carbocycles. The monoisotopic (exact) mass is 700 g/mol. The molecule has 1 heterocycles. The second-order valence-corrected chi connectivity index (χ2v) is 17.3. The van der Waals surface area contributed by atoms with Gasteiger partial charge in [0.15, 0.2) is 0 Å². The molecular formula is C39H57Cl2N3O2P+. The molecule has 3 aromatic carbocycles. The van der Waals surface area contributed by atoms with E-state index in [4.69, 9.17) is 5.73 Å². The van der Waals surface area contributed by atoms with Crippen LogP contribution in [0.1, 0.15) is 88.0 Å². The smallest absolute Gasteiger partial charge is 0.247 e. The maximum atomic E-state index is 13.8. The number of carbonyl (C=O) groups excluding carboxylic acids is 2. The van der Waals surface area contributed by atoms with Gasteiger partial charge in [0, 0.05) is 25.9 Å². The van der Waals surface area contributed by atoms with E-state index in [1.807, 2.05) is 36.4 Å². The quantitative estimate of drug-likeness (QED) is 0.138. The molecule has 258 valence electrons. The van der Waals surface area contributed by atoms with Crippen molar-refractivity contribution in [3.05, 3.63) is 101 Å². The Kier molecular flexibility index (Phi) is 18.1. The number of amides is 2. The average molecular weight is 702 g/mol. The number of nitrogens with one attached hydrogen (secondary N) is 1. The van der Waals surface area contributed by atoms with Crippen molar-refractivity contribution in [2.45, 2.75) is 103 Å². The molecule has 8 heteroatoms. The lowest BCUT2D eigenvalue weighted by Crippen LogP contribution is -2.55. The number of anilines is 1. The summed E-state index contributed by atoms with van der Waals surface area (Å²) in [7, 11) is -1.06. The summed E-state index contributed by atoms with van der Waals surface area (Å²) >= 11 is 0. The van der Waals surface area contributed by atoms with E-state index in [-0.39, 0.29) is 36.6 Å². The fourth-order valence-electron chi connectivity index (χ4n) is 6.65. The maximum Gasteiger partial charge on any atom is 0.247 e. The zero-order valence-corrected chi connectivity index (χ0v) is 31.2. The molecule has 0 fully saturated rings. The molecule has 1 unspecified atom stereocenters. The van der Waals surface area contributed by atoms with Gasteiger partial charge in [0.05, 0.1) is 30.7 Å². The summed E-state index contributed by atoms with van der Waals surface area (Å²) < 4.78 is 0. The average Bonchev–Trinajstić information content (AvgIpc) is 3.08. The first-order chi connectivity index (χ1) is 21.9. The third-order valence-corrected chi connectivity index (χ3v) is 14.3. The minimum Gasteiger partial charge on any atom is -0.325 e. The molecule has 0 aromatic heterocycles. The summed E-state index contributed by atoms with van der Waals surface area (Å²) in [5.74, 6) is -0.320. The fourth-order valence-corrected chi connectivity index (χ4v) is 11.7. The van der Waals surface area contributed by atoms with Crippen molar-refractivity contribution < 1.29 is 9.59 Å². The van der Waals surface area contributed by atoms with E-state index in [0.29, 0.717) is 19.4 Å². The van der Waals surface area contributed by atoms with Crippen LogP contribution >= 0.6 is 32.1 Å². The Morgan fingerprint density at radius 1 is 0.787 bits per heavy atom. The van der Waals surface area contributed by atoms with Crippen molar-refractivity contribution in [2.75, 3.05) is 23.8 Å². The van der Waals surface area contributed by atoms with E-state index in [0.717, 1.165) is 28.8 Å². The van der Waals surface area contributed by atoms with Gasteiger partial charge in [-0.3, -0.25) is 9.59 Å². The van der Waals surface area contributed by atoms with E-state index in [1.165, 1.54) is 68.7 Å². The Morgan fingerprint density at radius 2 is 1.34 bits per heavy atom. The summed E-state index contributed by atoms with van der Waals surface area (Å²) in [6.07, 6.45) is 14.9. The highest BCUT2D eigenvalue weighted by atomic mass is 35.5. The lowest BCUT2D eigenvalue weighted by atomic mass is 9.92. The number of nitrogens with zero attached hydrogens (tertiary/aromatic N) is 1. The van der Waals surface area contributed by atoms with Gasteiger partial charge in [-0.2, -0.15) is 0 Å². The second-order valence-electron chi connectivity index (χ2n) is 13.0. The minimum atomic E-state index is -1.06. The van der Waals surface area contributed by atoms with Crippen molar-refractivity contribution in [3.63, 3.8) is 0 Å². The van der Waals surface area contributed by atoms with Crippen molar-refractivity contribution in [2.24, 2.45) is 5.73 Å². The van der Waals surface area contributed by atoms with Crippen LogP contribution in [0.4, 0.5) is 5.69 Å². The van der Waals surface area contributed by atoms with Crippen molar-refractivity contribution in [1.29, 1.82) is 0 Å². The van der Waals surface area contributed by atoms with Crippen LogP contribution in [0.25, 0.3) is 0 Å². The molecule has 2 amide bonds. The maximum absolute atomic E-state index is 13.8. The number of fused-ring (bicyclic) bond motifs is 1. The van der Waals surface area contributed by atoms with E-state index in [9.17, 15) is 9.59 Å². The molecule has 4 rings (SSSR count). The van der Waals surface area contributed by atoms with Gasteiger partial charge in [-0.05, 0) is 66.5 Å². The van der Waals surface area contributed by atoms with Gasteiger partial charge in [-0.15, -0.1) is 24.8 Å². The zero-order chi connectivity index (χ0) is 32.1. The molecule has 1 aliphatic heterocycles. The van der Waals surface area contributed by atoms with Gasteiger partial charge in [0.25, 0.3) is 0 Å². The van der Waals surface area contributed by atoms with Crippen LogP contribution in [0.3, 0.4) is 0 Å². The topological polar surface area (TPSA) is 75.4 Å². The Hall–Kier alpha value is -2.43. The standard InChI is InChI=1S/C39H54N3O2P.2ClH/c1-4-7-25-45(26-8-5-2,27-9-6-3)30-32-19-22-35(23-20-32)41-38(43)37-28-33-17-13-14-18-34(33)29-42(37)39(44)36(40)24-21-31-15-11-10-12-16-31;;/h10-20,22-23,36-37H,4-9,21,24-30,40H2,1-3H3;2*1H/p+1/t36-,37?;;/m0../s1. The largest absolute Gasteiger partial charge is 0.325 e. The highest BCUT2D eigenvalue weighted by Crippen LogP contribution is 2.63. The molecule has 3 N–H and O–H groups in total. The summed E-state index contributed by atoms with van der Waals surface area (Å²) in [6.45, 7) is 7.32. The number of halogens is 2. The predicted octanol–water partition coefficient (Wildman–Crippen LogP) is 9.30. The molecule has 2 atom stereocenters. The Balaban J connectivity index is 0.00000384. The number of benzene rings is 3. The van der Waals surface area contributed by atoms with E-state index in [2.05, 4.69) is 68.6 Å². The van der Waals surface area contributed by atoms with Crippen molar-refractivity contribution in [1.82, 2.24) is 4.90 Å². The van der Waals surface area contributed by atoms with E-state index < -0.39 is 19.3 Å². The third kappa shape index (κ3) is 11.9. The molecule has 0 aliphatic carbocycles.